The lowest BCUT2D eigenvalue weighted by Crippen LogP contribution is -2.40. The monoisotopic (exact) mass is 327 g/mol. The molecule has 0 fully saturated rings. The molecule has 0 aliphatic rings. The van der Waals surface area contributed by atoms with Gasteiger partial charge in [-0.05, 0) is 51.2 Å². The Labute approximate surface area is 135 Å². The number of carbonyl (C=O) groups is 2. The van der Waals surface area contributed by atoms with Gasteiger partial charge in [-0.2, -0.15) is 0 Å². The maximum atomic E-state index is 11.9. The molecular formula is C15H22ClN3O3. The van der Waals surface area contributed by atoms with Crippen molar-refractivity contribution in [3.05, 3.63) is 28.8 Å². The van der Waals surface area contributed by atoms with E-state index in [1.165, 1.54) is 0 Å². The van der Waals surface area contributed by atoms with Gasteiger partial charge in [-0.25, -0.2) is 0 Å². The summed E-state index contributed by atoms with van der Waals surface area (Å²) in [5.41, 5.74) is 1.47. The summed E-state index contributed by atoms with van der Waals surface area (Å²) in [4.78, 5) is 23.1. The van der Waals surface area contributed by atoms with Crippen LogP contribution in [0.2, 0.25) is 5.02 Å². The molecule has 0 saturated heterocycles. The van der Waals surface area contributed by atoms with Gasteiger partial charge in [0.05, 0.1) is 6.42 Å². The molecule has 7 heteroatoms. The number of amides is 1. The number of hydrogen-bond acceptors (Lipinski definition) is 4. The summed E-state index contributed by atoms with van der Waals surface area (Å²) in [6.45, 7) is 3.18. The number of anilines is 1. The first kappa shape index (κ1) is 18.4. The van der Waals surface area contributed by atoms with Gasteiger partial charge in [-0.3, -0.25) is 9.59 Å². The van der Waals surface area contributed by atoms with E-state index in [1.807, 2.05) is 14.0 Å². The minimum Gasteiger partial charge on any atom is -0.480 e. The average molecular weight is 328 g/mol. The van der Waals surface area contributed by atoms with Crippen LogP contribution in [0.3, 0.4) is 0 Å². The zero-order valence-corrected chi connectivity index (χ0v) is 13.5. The summed E-state index contributed by atoms with van der Waals surface area (Å²) in [6, 6.07) is 4.26. The number of aryl methyl sites for hydroxylation is 1. The molecule has 0 aliphatic carbocycles. The van der Waals surface area contributed by atoms with Crippen LogP contribution in [-0.4, -0.2) is 43.2 Å². The van der Waals surface area contributed by atoms with Gasteiger partial charge >= 0.3 is 5.97 Å². The van der Waals surface area contributed by atoms with Gasteiger partial charge in [-0.15, -0.1) is 0 Å². The van der Waals surface area contributed by atoms with Crippen LogP contribution >= 0.6 is 11.6 Å². The Kier molecular flexibility index (Phi) is 7.87. The average Bonchev–Trinajstić information content (AvgIpc) is 2.46. The molecule has 0 radical (unpaired) electrons. The summed E-state index contributed by atoms with van der Waals surface area (Å²) in [5, 5.41) is 18.2. The fourth-order valence-corrected chi connectivity index (χ4v) is 2.04. The number of carbonyl (C=O) groups excluding carboxylic acids is 1. The molecule has 1 aromatic carbocycles. The minimum absolute atomic E-state index is 0.139. The molecule has 0 saturated carbocycles. The fraction of sp³-hybridized carbons (Fsp3) is 0.467. The molecule has 122 valence electrons. The third-order valence-corrected chi connectivity index (χ3v) is 3.54. The summed E-state index contributed by atoms with van der Waals surface area (Å²) < 4.78 is 0. The largest absolute Gasteiger partial charge is 0.480 e. The van der Waals surface area contributed by atoms with E-state index in [2.05, 4.69) is 16.0 Å². The van der Waals surface area contributed by atoms with Crippen LogP contribution in [0.15, 0.2) is 18.2 Å². The number of benzene rings is 1. The topological polar surface area (TPSA) is 90.5 Å². The van der Waals surface area contributed by atoms with Gasteiger partial charge in [0.2, 0.25) is 5.91 Å². The zero-order chi connectivity index (χ0) is 16.5. The Bertz CT molecular complexity index is 523. The molecule has 22 heavy (non-hydrogen) atoms. The second-order valence-corrected chi connectivity index (χ2v) is 5.43. The quantitative estimate of drug-likeness (QED) is 0.518. The van der Waals surface area contributed by atoms with E-state index in [-0.39, 0.29) is 12.3 Å². The number of halogens is 1. The van der Waals surface area contributed by atoms with E-state index in [0.717, 1.165) is 18.5 Å². The SMILES string of the molecule is CNCCCN[C@H](CC(=O)Nc1ccc(C)c(Cl)c1)C(=O)O. The molecule has 0 aromatic heterocycles. The highest BCUT2D eigenvalue weighted by molar-refractivity contribution is 6.31. The van der Waals surface area contributed by atoms with Crippen molar-refractivity contribution in [2.45, 2.75) is 25.8 Å². The van der Waals surface area contributed by atoms with Gasteiger partial charge in [0, 0.05) is 10.7 Å². The van der Waals surface area contributed by atoms with Gasteiger partial charge in [0.1, 0.15) is 6.04 Å². The summed E-state index contributed by atoms with van der Waals surface area (Å²) in [5.74, 6) is -1.41. The number of hydrogen-bond donors (Lipinski definition) is 4. The van der Waals surface area contributed by atoms with Gasteiger partial charge in [-0.1, -0.05) is 17.7 Å². The predicted octanol–water partition coefficient (Wildman–Crippen LogP) is 1.63. The van der Waals surface area contributed by atoms with E-state index < -0.39 is 12.0 Å². The minimum atomic E-state index is -1.04. The van der Waals surface area contributed by atoms with Crippen molar-refractivity contribution in [1.29, 1.82) is 0 Å². The fourth-order valence-electron chi connectivity index (χ4n) is 1.86. The molecule has 6 nitrogen and oxygen atoms in total. The molecule has 0 unspecified atom stereocenters. The first-order valence-electron chi connectivity index (χ1n) is 7.11. The van der Waals surface area contributed by atoms with Crippen molar-refractivity contribution in [2.24, 2.45) is 0 Å². The standard InChI is InChI=1S/C15H22ClN3O3/c1-10-4-5-11(8-12(10)16)19-14(20)9-13(15(21)22)18-7-3-6-17-2/h4-5,8,13,17-18H,3,6-7,9H2,1-2H3,(H,19,20)(H,21,22)/t13-/m1/s1. The van der Waals surface area contributed by atoms with E-state index in [1.54, 1.807) is 18.2 Å². The number of aliphatic carboxylic acids is 1. The van der Waals surface area contributed by atoms with Crippen molar-refractivity contribution in [3.63, 3.8) is 0 Å². The van der Waals surface area contributed by atoms with Crippen molar-refractivity contribution in [2.75, 3.05) is 25.5 Å². The summed E-state index contributed by atoms with van der Waals surface area (Å²) >= 11 is 5.99. The lowest BCUT2D eigenvalue weighted by molar-refractivity contribution is -0.141. The lowest BCUT2D eigenvalue weighted by Gasteiger charge is -2.14. The predicted molar refractivity (Wildman–Crippen MR) is 87.4 cm³/mol. The second-order valence-electron chi connectivity index (χ2n) is 5.02. The third kappa shape index (κ3) is 6.43. The summed E-state index contributed by atoms with van der Waals surface area (Å²) in [6.07, 6.45) is 0.649. The van der Waals surface area contributed by atoms with Crippen molar-refractivity contribution < 1.29 is 14.7 Å². The van der Waals surface area contributed by atoms with E-state index in [4.69, 9.17) is 16.7 Å². The Morgan fingerprint density at radius 1 is 1.32 bits per heavy atom. The van der Waals surface area contributed by atoms with Crippen LogP contribution in [-0.2, 0) is 9.59 Å². The highest BCUT2D eigenvalue weighted by Gasteiger charge is 2.20. The Morgan fingerprint density at radius 2 is 2.05 bits per heavy atom. The van der Waals surface area contributed by atoms with Crippen LogP contribution in [0, 0.1) is 6.92 Å². The smallest absolute Gasteiger partial charge is 0.321 e. The number of carboxylic acids is 1. The van der Waals surface area contributed by atoms with Gasteiger partial charge < -0.3 is 21.1 Å². The van der Waals surface area contributed by atoms with E-state index in [9.17, 15) is 9.59 Å². The number of nitrogens with one attached hydrogen (secondary N) is 3. The number of rotatable bonds is 9. The van der Waals surface area contributed by atoms with Crippen LogP contribution in [0.25, 0.3) is 0 Å². The van der Waals surface area contributed by atoms with Crippen molar-refractivity contribution >= 4 is 29.2 Å². The first-order chi connectivity index (χ1) is 10.4. The Balaban J connectivity index is 2.52. The molecule has 1 atom stereocenters. The zero-order valence-electron chi connectivity index (χ0n) is 12.8. The molecule has 0 heterocycles. The molecule has 0 aliphatic heterocycles. The van der Waals surface area contributed by atoms with Crippen LogP contribution in [0.5, 0.6) is 0 Å². The Morgan fingerprint density at radius 3 is 2.64 bits per heavy atom. The number of carboxylic acid groups (broad SMARTS) is 1. The maximum Gasteiger partial charge on any atom is 0.321 e. The molecular weight excluding hydrogens is 306 g/mol. The van der Waals surface area contributed by atoms with Gasteiger partial charge in [0.25, 0.3) is 0 Å². The second kappa shape index (κ2) is 9.40. The molecule has 4 N–H and O–H groups in total. The molecule has 0 bridgehead atoms. The Hall–Kier alpha value is -1.63. The summed E-state index contributed by atoms with van der Waals surface area (Å²) in [7, 11) is 1.83. The van der Waals surface area contributed by atoms with Crippen LogP contribution in [0.1, 0.15) is 18.4 Å². The highest BCUT2D eigenvalue weighted by atomic mass is 35.5. The molecule has 1 amide bonds. The van der Waals surface area contributed by atoms with Gasteiger partial charge in [0.15, 0.2) is 0 Å². The van der Waals surface area contributed by atoms with E-state index >= 15 is 0 Å². The normalized spacial score (nSPS) is 12.0. The maximum absolute atomic E-state index is 11.9. The highest BCUT2D eigenvalue weighted by Crippen LogP contribution is 2.20. The van der Waals surface area contributed by atoms with Crippen LogP contribution in [0.4, 0.5) is 5.69 Å². The van der Waals surface area contributed by atoms with Crippen molar-refractivity contribution in [1.82, 2.24) is 10.6 Å². The first-order valence-corrected chi connectivity index (χ1v) is 7.48. The van der Waals surface area contributed by atoms with E-state index in [0.29, 0.717) is 17.3 Å². The van der Waals surface area contributed by atoms with Crippen molar-refractivity contribution in [3.8, 4) is 0 Å². The third-order valence-electron chi connectivity index (χ3n) is 3.14. The van der Waals surface area contributed by atoms with Crippen LogP contribution < -0.4 is 16.0 Å². The molecule has 1 aromatic rings. The molecule has 1 rings (SSSR count). The molecule has 0 spiro atoms. The lowest BCUT2D eigenvalue weighted by atomic mass is 10.1.